The van der Waals surface area contributed by atoms with Crippen molar-refractivity contribution in [1.29, 1.82) is 0 Å². The molecule has 0 aliphatic carbocycles. The van der Waals surface area contributed by atoms with Crippen molar-refractivity contribution in [3.05, 3.63) is 255 Å². The lowest BCUT2D eigenvalue weighted by Crippen LogP contribution is -2.11. The van der Waals surface area contributed by atoms with E-state index in [0.29, 0.717) is 0 Å². The van der Waals surface area contributed by atoms with Crippen molar-refractivity contribution in [3.8, 4) is 50.2 Å². The predicted octanol–water partition coefficient (Wildman–Crippen LogP) is 18.0. The fraction of sp³-hybridized carbons (Fsp3) is 0. The third kappa shape index (κ3) is 6.59. The maximum atomic E-state index is 6.28. The Labute approximate surface area is 388 Å². The van der Waals surface area contributed by atoms with Crippen LogP contribution >= 0.6 is 0 Å². The number of para-hydroxylation sites is 5. The average Bonchev–Trinajstić information content (AvgIpc) is 3.95. The van der Waals surface area contributed by atoms with Crippen LogP contribution in [0.25, 0.3) is 105 Å². The summed E-state index contributed by atoms with van der Waals surface area (Å²) in [5, 5.41) is 7.23. The van der Waals surface area contributed by atoms with Crippen LogP contribution in [-0.4, -0.2) is 4.57 Å². The normalized spacial score (nSPS) is 11.6. The number of nitrogens with zero attached hydrogens (tertiary/aromatic N) is 2. The minimum absolute atomic E-state index is 0.884. The molecule has 0 saturated heterocycles. The lowest BCUT2D eigenvalue weighted by atomic mass is 9.96. The first kappa shape index (κ1) is 38.5. The molecule has 314 valence electrons. The van der Waals surface area contributed by atoms with Gasteiger partial charge in [0.1, 0.15) is 11.2 Å². The van der Waals surface area contributed by atoms with Gasteiger partial charge in [-0.2, -0.15) is 0 Å². The first-order valence-corrected chi connectivity index (χ1v) is 22.9. The number of furan rings is 1. The average molecular weight is 855 g/mol. The van der Waals surface area contributed by atoms with E-state index >= 15 is 0 Å². The van der Waals surface area contributed by atoms with Crippen LogP contribution in [-0.2, 0) is 0 Å². The number of hydrogen-bond acceptors (Lipinski definition) is 2. The van der Waals surface area contributed by atoms with E-state index in [-0.39, 0.29) is 0 Å². The molecule has 0 N–H and O–H groups in total. The smallest absolute Gasteiger partial charge is 0.135 e. The molecule has 3 nitrogen and oxygen atoms in total. The van der Waals surface area contributed by atoms with Gasteiger partial charge in [-0.1, -0.05) is 188 Å². The third-order valence-electron chi connectivity index (χ3n) is 13.4. The lowest BCUT2D eigenvalue weighted by molar-refractivity contribution is 0.669. The van der Waals surface area contributed by atoms with Gasteiger partial charge < -0.3 is 13.9 Å². The van der Waals surface area contributed by atoms with E-state index < -0.39 is 0 Å². The van der Waals surface area contributed by atoms with Gasteiger partial charge in [-0.15, -0.1) is 0 Å². The number of rotatable bonds is 8. The Balaban J connectivity index is 0.941. The zero-order valence-corrected chi connectivity index (χ0v) is 36.6. The number of benzene rings is 11. The summed E-state index contributed by atoms with van der Waals surface area (Å²) in [5.74, 6) is 0. The Hall–Kier alpha value is -8.92. The molecule has 0 radical (unpaired) electrons. The SMILES string of the molecule is c1cc(-c2ccc(-c3cccc4ccccc34)cc2)cc(N(c2ccc(-c3ccccc3-n3c4ccccc4c4ccccc43)cc2)c2ccccc2-c2ccc3oc4ccccc4c3c2)c1. The van der Waals surface area contributed by atoms with Crippen molar-refractivity contribution in [3.63, 3.8) is 0 Å². The summed E-state index contributed by atoms with van der Waals surface area (Å²) < 4.78 is 8.69. The van der Waals surface area contributed by atoms with Crippen molar-refractivity contribution in [2.45, 2.75) is 0 Å². The van der Waals surface area contributed by atoms with Crippen LogP contribution in [0.1, 0.15) is 0 Å². The van der Waals surface area contributed by atoms with E-state index in [1.165, 1.54) is 49.3 Å². The summed E-state index contributed by atoms with van der Waals surface area (Å²) in [4.78, 5) is 2.41. The molecule has 2 heterocycles. The third-order valence-corrected chi connectivity index (χ3v) is 13.4. The maximum absolute atomic E-state index is 6.28. The summed E-state index contributed by atoms with van der Waals surface area (Å²) >= 11 is 0. The summed E-state index contributed by atoms with van der Waals surface area (Å²) in [6, 6.07) is 92.0. The summed E-state index contributed by atoms with van der Waals surface area (Å²) in [6.45, 7) is 0. The molecule has 0 atom stereocenters. The Morgan fingerprint density at radius 2 is 0.851 bits per heavy atom. The zero-order chi connectivity index (χ0) is 44.3. The van der Waals surface area contributed by atoms with Crippen LogP contribution in [0.2, 0.25) is 0 Å². The molecule has 0 unspecified atom stereocenters. The highest BCUT2D eigenvalue weighted by molar-refractivity contribution is 6.10. The van der Waals surface area contributed by atoms with E-state index in [9.17, 15) is 0 Å². The van der Waals surface area contributed by atoms with Gasteiger partial charge in [0.15, 0.2) is 0 Å². The van der Waals surface area contributed by atoms with Gasteiger partial charge in [0.2, 0.25) is 0 Å². The highest BCUT2D eigenvalue weighted by Gasteiger charge is 2.21. The number of fused-ring (bicyclic) bond motifs is 7. The molecule has 0 aliphatic rings. The summed E-state index contributed by atoms with van der Waals surface area (Å²) in [7, 11) is 0. The molecule has 0 spiro atoms. The molecule has 67 heavy (non-hydrogen) atoms. The van der Waals surface area contributed by atoms with E-state index in [4.69, 9.17) is 4.42 Å². The molecular formula is C64H42N2O. The molecule has 0 saturated carbocycles. The van der Waals surface area contributed by atoms with Crippen LogP contribution in [0, 0.1) is 0 Å². The van der Waals surface area contributed by atoms with Crippen molar-refractivity contribution in [1.82, 2.24) is 4.57 Å². The first-order chi connectivity index (χ1) is 33.2. The largest absolute Gasteiger partial charge is 0.456 e. The number of anilines is 3. The Bertz CT molecular complexity index is 3930. The molecule has 13 aromatic rings. The summed E-state index contributed by atoms with van der Waals surface area (Å²) in [6.07, 6.45) is 0. The Morgan fingerprint density at radius 3 is 1.66 bits per heavy atom. The molecule has 0 fully saturated rings. The highest BCUT2D eigenvalue weighted by Crippen LogP contribution is 2.44. The van der Waals surface area contributed by atoms with Gasteiger partial charge in [-0.05, 0) is 111 Å². The molecular weight excluding hydrogens is 813 g/mol. The van der Waals surface area contributed by atoms with Crippen molar-refractivity contribution >= 4 is 71.6 Å². The second kappa shape index (κ2) is 16.0. The topological polar surface area (TPSA) is 21.3 Å². The van der Waals surface area contributed by atoms with Gasteiger partial charge >= 0.3 is 0 Å². The molecule has 3 heteroatoms. The van der Waals surface area contributed by atoms with Crippen LogP contribution in [0.15, 0.2) is 259 Å². The first-order valence-electron chi connectivity index (χ1n) is 22.9. The predicted molar refractivity (Wildman–Crippen MR) is 282 cm³/mol. The van der Waals surface area contributed by atoms with Gasteiger partial charge in [0.25, 0.3) is 0 Å². The lowest BCUT2D eigenvalue weighted by Gasteiger charge is -2.28. The zero-order valence-electron chi connectivity index (χ0n) is 36.6. The molecule has 0 aliphatic heterocycles. The molecule has 2 aromatic heterocycles. The molecule has 13 rings (SSSR count). The minimum Gasteiger partial charge on any atom is -0.456 e. The second-order valence-electron chi connectivity index (χ2n) is 17.2. The van der Waals surface area contributed by atoms with E-state index in [0.717, 1.165) is 72.5 Å². The molecule has 11 aromatic carbocycles. The van der Waals surface area contributed by atoms with Gasteiger partial charge in [0.05, 0.1) is 22.4 Å². The van der Waals surface area contributed by atoms with Crippen LogP contribution < -0.4 is 4.90 Å². The maximum Gasteiger partial charge on any atom is 0.135 e. The van der Waals surface area contributed by atoms with E-state index in [1.807, 2.05) is 12.1 Å². The quantitative estimate of drug-likeness (QED) is 0.152. The van der Waals surface area contributed by atoms with Crippen LogP contribution in [0.4, 0.5) is 17.1 Å². The van der Waals surface area contributed by atoms with E-state index in [1.54, 1.807) is 0 Å². The fourth-order valence-corrected chi connectivity index (χ4v) is 10.3. The minimum atomic E-state index is 0.884. The molecule has 0 amide bonds. The highest BCUT2D eigenvalue weighted by atomic mass is 16.3. The number of hydrogen-bond donors (Lipinski definition) is 0. The van der Waals surface area contributed by atoms with Crippen LogP contribution in [0.3, 0.4) is 0 Å². The van der Waals surface area contributed by atoms with Crippen molar-refractivity contribution < 1.29 is 4.42 Å². The van der Waals surface area contributed by atoms with Crippen molar-refractivity contribution in [2.24, 2.45) is 0 Å². The van der Waals surface area contributed by atoms with Gasteiger partial charge in [0, 0.05) is 44.0 Å². The van der Waals surface area contributed by atoms with Gasteiger partial charge in [-0.3, -0.25) is 0 Å². The van der Waals surface area contributed by atoms with Gasteiger partial charge in [-0.25, -0.2) is 0 Å². The number of aromatic nitrogens is 1. The van der Waals surface area contributed by atoms with Crippen molar-refractivity contribution in [2.75, 3.05) is 4.90 Å². The fourth-order valence-electron chi connectivity index (χ4n) is 10.3. The summed E-state index contributed by atoms with van der Waals surface area (Å²) in [5.41, 5.74) is 17.8. The van der Waals surface area contributed by atoms with Crippen LogP contribution in [0.5, 0.6) is 0 Å². The molecule has 0 bridgehead atoms. The Morgan fingerprint density at radius 1 is 0.299 bits per heavy atom. The Kier molecular flexibility index (Phi) is 9.17. The monoisotopic (exact) mass is 854 g/mol. The standard InChI is InChI=1S/C64H42N2O/c1-2-19-51-44(15-1)16-14-25-52(51)45-33-31-43(32-34-45)47-17-13-18-50(41-47)65(59-26-8-4-21-54(59)48-37-40-64-58(42-48)57-24-7-12-30-63(57)67-64)49-38-35-46(36-39-49)53-20-3-9-27-60(53)66-61-28-10-5-22-55(61)56-23-6-11-29-62(56)66/h1-42H. The second-order valence-corrected chi connectivity index (χ2v) is 17.2. The van der Waals surface area contributed by atoms with E-state index in [2.05, 4.69) is 252 Å².